The van der Waals surface area contributed by atoms with E-state index in [0.717, 1.165) is 0 Å². The summed E-state index contributed by atoms with van der Waals surface area (Å²) in [6.07, 6.45) is 0. The van der Waals surface area contributed by atoms with Gasteiger partial charge < -0.3 is 15.8 Å². The first-order chi connectivity index (χ1) is 9.93. The van der Waals surface area contributed by atoms with Gasteiger partial charge in [-0.1, -0.05) is 40.9 Å². The molecule has 0 saturated carbocycles. The Kier molecular flexibility index (Phi) is 4.83. The first kappa shape index (κ1) is 15.8. The van der Waals surface area contributed by atoms with Crippen molar-refractivity contribution in [1.29, 1.82) is 0 Å². The number of benzene rings is 2. The maximum absolute atomic E-state index is 11.8. The van der Waals surface area contributed by atoms with Gasteiger partial charge in [0.15, 0.2) is 0 Å². The van der Waals surface area contributed by atoms with E-state index in [4.69, 9.17) is 45.3 Å². The molecule has 7 heteroatoms. The molecule has 0 aliphatic heterocycles. The molecule has 0 spiro atoms. The lowest BCUT2D eigenvalue weighted by molar-refractivity contribution is 0.0602. The fourth-order valence-electron chi connectivity index (χ4n) is 1.76. The zero-order valence-electron chi connectivity index (χ0n) is 10.9. The number of halogens is 3. The van der Waals surface area contributed by atoms with Gasteiger partial charge in [-0.15, -0.1) is 0 Å². The number of nitrogens with one attached hydrogen (secondary N) is 1. The van der Waals surface area contributed by atoms with Gasteiger partial charge >= 0.3 is 5.97 Å². The van der Waals surface area contributed by atoms with Crippen molar-refractivity contribution < 1.29 is 9.53 Å². The Labute approximate surface area is 136 Å². The second-order valence-corrected chi connectivity index (χ2v) is 5.34. The molecule has 21 heavy (non-hydrogen) atoms. The van der Waals surface area contributed by atoms with Crippen LogP contribution in [0.3, 0.4) is 0 Å². The summed E-state index contributed by atoms with van der Waals surface area (Å²) in [6.45, 7) is 0. The number of methoxy groups -OCH3 is 1. The molecule has 0 fully saturated rings. The highest BCUT2D eigenvalue weighted by Crippen LogP contribution is 2.36. The lowest BCUT2D eigenvalue weighted by atomic mass is 10.1. The number of ether oxygens (including phenoxy) is 1. The summed E-state index contributed by atoms with van der Waals surface area (Å²) in [4.78, 5) is 11.8. The van der Waals surface area contributed by atoms with Crippen molar-refractivity contribution in [3.05, 3.63) is 51.0 Å². The quantitative estimate of drug-likeness (QED) is 0.622. The van der Waals surface area contributed by atoms with E-state index >= 15 is 0 Å². The Morgan fingerprint density at radius 3 is 2.57 bits per heavy atom. The maximum Gasteiger partial charge on any atom is 0.340 e. The van der Waals surface area contributed by atoms with Crippen LogP contribution in [0.5, 0.6) is 0 Å². The van der Waals surface area contributed by atoms with Crippen LogP contribution in [-0.2, 0) is 4.74 Å². The van der Waals surface area contributed by atoms with E-state index in [1.165, 1.54) is 19.2 Å². The largest absolute Gasteiger partial charge is 0.465 e. The number of carbonyl (C=O) groups excluding carboxylic acids is 1. The highest BCUT2D eigenvalue weighted by atomic mass is 35.5. The van der Waals surface area contributed by atoms with E-state index in [9.17, 15) is 4.79 Å². The Morgan fingerprint density at radius 1 is 1.19 bits per heavy atom. The van der Waals surface area contributed by atoms with Crippen LogP contribution in [0.4, 0.5) is 17.1 Å². The molecule has 110 valence electrons. The third kappa shape index (κ3) is 3.35. The van der Waals surface area contributed by atoms with Crippen LogP contribution < -0.4 is 11.1 Å². The summed E-state index contributed by atoms with van der Waals surface area (Å²) in [6, 6.07) is 8.08. The molecule has 0 heterocycles. The van der Waals surface area contributed by atoms with Crippen LogP contribution in [0.15, 0.2) is 30.3 Å². The molecule has 2 aromatic rings. The summed E-state index contributed by atoms with van der Waals surface area (Å²) in [5, 5.41) is 3.96. The molecule has 0 aliphatic rings. The minimum absolute atomic E-state index is 0.207. The van der Waals surface area contributed by atoms with Crippen molar-refractivity contribution in [3.8, 4) is 0 Å². The lowest BCUT2D eigenvalue weighted by Gasteiger charge is -2.15. The fourth-order valence-corrected chi connectivity index (χ4v) is 2.38. The van der Waals surface area contributed by atoms with Crippen molar-refractivity contribution in [3.63, 3.8) is 0 Å². The topological polar surface area (TPSA) is 64.3 Å². The minimum atomic E-state index is -0.565. The molecule has 0 aliphatic carbocycles. The Hall–Kier alpha value is -1.62. The average molecular weight is 346 g/mol. The van der Waals surface area contributed by atoms with E-state index in [0.29, 0.717) is 27.1 Å². The van der Waals surface area contributed by atoms with Gasteiger partial charge in [-0.2, -0.15) is 0 Å². The fraction of sp³-hybridized carbons (Fsp3) is 0.0714. The van der Waals surface area contributed by atoms with Crippen molar-refractivity contribution >= 4 is 57.8 Å². The summed E-state index contributed by atoms with van der Waals surface area (Å²) < 4.78 is 4.73. The van der Waals surface area contributed by atoms with Crippen LogP contribution in [-0.4, -0.2) is 13.1 Å². The first-order valence-corrected chi connectivity index (χ1v) is 6.95. The number of rotatable bonds is 3. The molecule has 4 nitrogen and oxygen atoms in total. The van der Waals surface area contributed by atoms with E-state index in [1.807, 2.05) is 0 Å². The summed E-state index contributed by atoms with van der Waals surface area (Å²) in [5.41, 5.74) is 7.12. The monoisotopic (exact) mass is 344 g/mol. The van der Waals surface area contributed by atoms with Gasteiger partial charge in [-0.3, -0.25) is 0 Å². The van der Waals surface area contributed by atoms with E-state index in [-0.39, 0.29) is 10.6 Å². The number of hydrogen-bond acceptors (Lipinski definition) is 4. The minimum Gasteiger partial charge on any atom is -0.465 e. The van der Waals surface area contributed by atoms with Gasteiger partial charge in [0.1, 0.15) is 0 Å². The van der Waals surface area contributed by atoms with E-state index in [2.05, 4.69) is 5.32 Å². The third-order valence-corrected chi connectivity index (χ3v) is 3.85. The van der Waals surface area contributed by atoms with Crippen LogP contribution in [0.25, 0.3) is 0 Å². The summed E-state index contributed by atoms with van der Waals surface area (Å²) in [7, 11) is 1.27. The Bertz CT molecular complexity index is 705. The van der Waals surface area contributed by atoms with Crippen LogP contribution in [0, 0.1) is 0 Å². The zero-order chi connectivity index (χ0) is 15.6. The molecule has 3 N–H and O–H groups in total. The molecule has 0 atom stereocenters. The molecule has 2 aromatic carbocycles. The van der Waals surface area contributed by atoms with Gasteiger partial charge in [0.25, 0.3) is 0 Å². The maximum atomic E-state index is 11.8. The second kappa shape index (κ2) is 6.43. The number of carbonyl (C=O) groups is 1. The molecule has 0 unspecified atom stereocenters. The Balaban J connectivity index is 2.53. The van der Waals surface area contributed by atoms with Gasteiger partial charge in [0.05, 0.1) is 39.1 Å². The van der Waals surface area contributed by atoms with Crippen molar-refractivity contribution in [2.75, 3.05) is 18.2 Å². The standard InChI is InChI=1S/C14H11Cl3N2O2/c1-21-14(20)8-5-7(18)6-10(16)13(8)19-11-4-2-3-9(15)12(11)17/h2-6,19H,18H2,1H3. The normalized spacial score (nSPS) is 10.3. The predicted octanol–water partition coefficient (Wildman–Crippen LogP) is 4.76. The van der Waals surface area contributed by atoms with Crippen LogP contribution in [0.2, 0.25) is 15.1 Å². The molecule has 0 saturated heterocycles. The number of nitrogens with two attached hydrogens (primary N) is 1. The van der Waals surface area contributed by atoms with Gasteiger partial charge in [0.2, 0.25) is 0 Å². The Morgan fingerprint density at radius 2 is 1.90 bits per heavy atom. The van der Waals surface area contributed by atoms with Gasteiger partial charge in [-0.25, -0.2) is 4.79 Å². The van der Waals surface area contributed by atoms with Crippen molar-refractivity contribution in [2.45, 2.75) is 0 Å². The van der Waals surface area contributed by atoms with Gasteiger partial charge in [0, 0.05) is 5.69 Å². The number of nitrogen functional groups attached to an aromatic ring is 1. The zero-order valence-corrected chi connectivity index (χ0v) is 13.2. The first-order valence-electron chi connectivity index (χ1n) is 5.82. The highest BCUT2D eigenvalue weighted by molar-refractivity contribution is 6.44. The van der Waals surface area contributed by atoms with E-state index in [1.54, 1.807) is 18.2 Å². The second-order valence-electron chi connectivity index (χ2n) is 4.14. The average Bonchev–Trinajstić information content (AvgIpc) is 2.45. The molecule has 0 amide bonds. The van der Waals surface area contributed by atoms with E-state index < -0.39 is 5.97 Å². The summed E-state index contributed by atoms with van der Waals surface area (Å²) >= 11 is 18.2. The van der Waals surface area contributed by atoms with Crippen molar-refractivity contribution in [1.82, 2.24) is 0 Å². The number of hydrogen-bond donors (Lipinski definition) is 2. The van der Waals surface area contributed by atoms with Crippen LogP contribution >= 0.6 is 34.8 Å². The smallest absolute Gasteiger partial charge is 0.340 e. The van der Waals surface area contributed by atoms with Crippen molar-refractivity contribution in [2.24, 2.45) is 0 Å². The molecule has 0 bridgehead atoms. The summed E-state index contributed by atoms with van der Waals surface area (Å²) in [5.74, 6) is -0.565. The molecule has 0 radical (unpaired) electrons. The number of esters is 1. The van der Waals surface area contributed by atoms with Crippen LogP contribution in [0.1, 0.15) is 10.4 Å². The van der Waals surface area contributed by atoms with Gasteiger partial charge in [-0.05, 0) is 24.3 Å². The molecular formula is C14H11Cl3N2O2. The predicted molar refractivity (Wildman–Crippen MR) is 86.9 cm³/mol. The molecular weight excluding hydrogens is 335 g/mol. The lowest BCUT2D eigenvalue weighted by Crippen LogP contribution is -2.07. The molecule has 2 rings (SSSR count). The third-order valence-electron chi connectivity index (χ3n) is 2.73. The highest BCUT2D eigenvalue weighted by Gasteiger charge is 2.17. The molecule has 0 aromatic heterocycles. The SMILES string of the molecule is COC(=O)c1cc(N)cc(Cl)c1Nc1cccc(Cl)c1Cl. The number of anilines is 3.